The number of pyridine rings is 1. The Morgan fingerprint density at radius 1 is 1.32 bits per heavy atom. The molecular weight excluding hydrogens is 276 g/mol. The number of hydrogen-bond acceptors (Lipinski definition) is 3. The SMILES string of the molecule is CCNC(=NCCc1ccc(C)nc1)NC1CCC(O)CC1. The summed E-state index contributed by atoms with van der Waals surface area (Å²) in [5, 5.41) is 16.4. The minimum atomic E-state index is -0.119. The van der Waals surface area contributed by atoms with Crippen LogP contribution in [0.2, 0.25) is 0 Å². The van der Waals surface area contributed by atoms with E-state index in [1.165, 1.54) is 5.56 Å². The molecule has 0 bridgehead atoms. The second-order valence-electron chi connectivity index (χ2n) is 5.97. The monoisotopic (exact) mass is 304 g/mol. The summed E-state index contributed by atoms with van der Waals surface area (Å²) < 4.78 is 0. The van der Waals surface area contributed by atoms with E-state index in [0.29, 0.717) is 6.04 Å². The molecule has 1 heterocycles. The average molecular weight is 304 g/mol. The minimum Gasteiger partial charge on any atom is -0.393 e. The molecule has 5 nitrogen and oxygen atoms in total. The van der Waals surface area contributed by atoms with Crippen LogP contribution in [-0.2, 0) is 6.42 Å². The predicted octanol–water partition coefficient (Wildman–Crippen LogP) is 1.79. The van der Waals surface area contributed by atoms with Gasteiger partial charge in [0.25, 0.3) is 0 Å². The highest BCUT2D eigenvalue weighted by Crippen LogP contribution is 2.18. The van der Waals surface area contributed by atoms with Gasteiger partial charge in [-0.2, -0.15) is 0 Å². The Kier molecular flexibility index (Phi) is 6.65. The van der Waals surface area contributed by atoms with Gasteiger partial charge < -0.3 is 15.7 Å². The normalized spacial score (nSPS) is 22.4. The molecular formula is C17H28N4O. The summed E-state index contributed by atoms with van der Waals surface area (Å²) in [6.45, 7) is 5.67. The first-order valence-electron chi connectivity index (χ1n) is 8.32. The molecule has 3 N–H and O–H groups in total. The molecule has 2 rings (SSSR count). The lowest BCUT2D eigenvalue weighted by atomic mass is 9.93. The van der Waals surface area contributed by atoms with Crippen LogP contribution >= 0.6 is 0 Å². The minimum absolute atomic E-state index is 0.119. The van der Waals surface area contributed by atoms with Crippen molar-refractivity contribution < 1.29 is 5.11 Å². The smallest absolute Gasteiger partial charge is 0.191 e. The van der Waals surface area contributed by atoms with Crippen LogP contribution in [0.25, 0.3) is 0 Å². The molecule has 1 fully saturated rings. The van der Waals surface area contributed by atoms with E-state index in [0.717, 1.165) is 56.8 Å². The van der Waals surface area contributed by atoms with Crippen molar-refractivity contribution in [2.45, 2.75) is 58.1 Å². The highest BCUT2D eigenvalue weighted by molar-refractivity contribution is 5.80. The maximum atomic E-state index is 9.57. The molecule has 0 radical (unpaired) electrons. The number of aliphatic imine (C=N–C) groups is 1. The van der Waals surface area contributed by atoms with Crippen LogP contribution in [0.1, 0.15) is 43.9 Å². The molecule has 0 unspecified atom stereocenters. The highest BCUT2D eigenvalue weighted by Gasteiger charge is 2.19. The van der Waals surface area contributed by atoms with E-state index in [2.05, 4.69) is 33.6 Å². The van der Waals surface area contributed by atoms with Gasteiger partial charge in [-0.05, 0) is 57.6 Å². The fourth-order valence-corrected chi connectivity index (χ4v) is 2.68. The number of aromatic nitrogens is 1. The third-order valence-electron chi connectivity index (χ3n) is 4.02. The van der Waals surface area contributed by atoms with E-state index in [1.807, 2.05) is 19.2 Å². The first-order chi connectivity index (χ1) is 10.7. The summed E-state index contributed by atoms with van der Waals surface area (Å²) in [6.07, 6.45) is 6.48. The number of nitrogens with zero attached hydrogens (tertiary/aromatic N) is 2. The lowest BCUT2D eigenvalue weighted by Crippen LogP contribution is -2.45. The van der Waals surface area contributed by atoms with Gasteiger partial charge in [0.2, 0.25) is 0 Å². The highest BCUT2D eigenvalue weighted by atomic mass is 16.3. The third-order valence-corrected chi connectivity index (χ3v) is 4.02. The summed E-state index contributed by atoms with van der Waals surface area (Å²) in [5.41, 5.74) is 2.26. The van der Waals surface area contributed by atoms with E-state index < -0.39 is 0 Å². The molecule has 0 amide bonds. The topological polar surface area (TPSA) is 69.5 Å². The standard InChI is InChI=1S/C17H28N4O/c1-3-18-17(21-15-6-8-16(22)9-7-15)19-11-10-14-5-4-13(2)20-12-14/h4-5,12,15-16,22H,3,6-11H2,1-2H3,(H2,18,19,21). The van der Waals surface area contributed by atoms with Gasteiger partial charge in [-0.15, -0.1) is 0 Å². The van der Waals surface area contributed by atoms with Crippen molar-refractivity contribution in [1.82, 2.24) is 15.6 Å². The summed E-state index contributed by atoms with van der Waals surface area (Å²) in [7, 11) is 0. The van der Waals surface area contributed by atoms with Gasteiger partial charge in [-0.1, -0.05) is 6.07 Å². The second-order valence-corrected chi connectivity index (χ2v) is 5.97. The molecule has 0 spiro atoms. The number of hydrogen-bond donors (Lipinski definition) is 3. The quantitative estimate of drug-likeness (QED) is 0.573. The molecule has 0 aliphatic heterocycles. The van der Waals surface area contributed by atoms with Gasteiger partial charge in [-0.3, -0.25) is 9.98 Å². The van der Waals surface area contributed by atoms with Crippen LogP contribution in [-0.4, -0.2) is 41.3 Å². The number of aryl methyl sites for hydroxylation is 1. The zero-order chi connectivity index (χ0) is 15.8. The number of rotatable bonds is 5. The van der Waals surface area contributed by atoms with Crippen molar-refractivity contribution in [3.8, 4) is 0 Å². The first kappa shape index (κ1) is 16.7. The Morgan fingerprint density at radius 3 is 2.73 bits per heavy atom. The molecule has 1 aliphatic carbocycles. The van der Waals surface area contributed by atoms with E-state index in [-0.39, 0.29) is 6.10 Å². The Morgan fingerprint density at radius 2 is 2.09 bits per heavy atom. The van der Waals surface area contributed by atoms with Gasteiger partial charge in [-0.25, -0.2) is 0 Å². The van der Waals surface area contributed by atoms with Crippen molar-refractivity contribution in [3.05, 3.63) is 29.6 Å². The molecule has 1 aliphatic rings. The number of aliphatic hydroxyl groups excluding tert-OH is 1. The molecule has 0 atom stereocenters. The molecule has 22 heavy (non-hydrogen) atoms. The summed E-state index contributed by atoms with van der Waals surface area (Å²) in [5.74, 6) is 0.879. The molecule has 0 saturated heterocycles. The Bertz CT molecular complexity index is 464. The molecule has 0 aromatic carbocycles. The Labute approximate surface area is 133 Å². The fourth-order valence-electron chi connectivity index (χ4n) is 2.68. The Hall–Kier alpha value is -1.62. The average Bonchev–Trinajstić information content (AvgIpc) is 2.52. The van der Waals surface area contributed by atoms with Crippen LogP contribution in [0.4, 0.5) is 0 Å². The number of nitrogens with one attached hydrogen (secondary N) is 2. The molecule has 1 aromatic rings. The third kappa shape index (κ3) is 5.64. The molecule has 1 aromatic heterocycles. The number of aliphatic hydroxyl groups is 1. The maximum Gasteiger partial charge on any atom is 0.191 e. The molecule has 5 heteroatoms. The summed E-state index contributed by atoms with van der Waals surface area (Å²) >= 11 is 0. The molecule has 1 saturated carbocycles. The molecule has 122 valence electrons. The van der Waals surface area contributed by atoms with E-state index in [4.69, 9.17) is 0 Å². The van der Waals surface area contributed by atoms with Crippen LogP contribution in [0.5, 0.6) is 0 Å². The summed E-state index contributed by atoms with van der Waals surface area (Å²) in [4.78, 5) is 8.96. The van der Waals surface area contributed by atoms with Gasteiger partial charge in [0, 0.05) is 31.0 Å². The van der Waals surface area contributed by atoms with Crippen molar-refractivity contribution in [2.24, 2.45) is 4.99 Å². The van der Waals surface area contributed by atoms with Crippen LogP contribution in [0.15, 0.2) is 23.3 Å². The number of guanidine groups is 1. The lowest BCUT2D eigenvalue weighted by Gasteiger charge is -2.27. The largest absolute Gasteiger partial charge is 0.393 e. The maximum absolute atomic E-state index is 9.57. The summed E-state index contributed by atoms with van der Waals surface area (Å²) in [6, 6.07) is 4.57. The van der Waals surface area contributed by atoms with Crippen molar-refractivity contribution in [2.75, 3.05) is 13.1 Å². The van der Waals surface area contributed by atoms with Crippen molar-refractivity contribution >= 4 is 5.96 Å². The van der Waals surface area contributed by atoms with Crippen molar-refractivity contribution in [3.63, 3.8) is 0 Å². The van der Waals surface area contributed by atoms with Gasteiger partial charge in [0.15, 0.2) is 5.96 Å². The van der Waals surface area contributed by atoms with Crippen LogP contribution in [0, 0.1) is 6.92 Å². The second kappa shape index (κ2) is 8.73. The van der Waals surface area contributed by atoms with Gasteiger partial charge >= 0.3 is 0 Å². The van der Waals surface area contributed by atoms with Gasteiger partial charge in [0.05, 0.1) is 6.10 Å². The van der Waals surface area contributed by atoms with Gasteiger partial charge in [0.1, 0.15) is 0 Å². The zero-order valence-electron chi connectivity index (χ0n) is 13.7. The first-order valence-corrected chi connectivity index (χ1v) is 8.32. The Balaban J connectivity index is 1.82. The van der Waals surface area contributed by atoms with E-state index >= 15 is 0 Å². The van der Waals surface area contributed by atoms with Crippen LogP contribution in [0.3, 0.4) is 0 Å². The fraction of sp³-hybridized carbons (Fsp3) is 0.647. The predicted molar refractivity (Wildman–Crippen MR) is 90.1 cm³/mol. The van der Waals surface area contributed by atoms with Crippen molar-refractivity contribution in [1.29, 1.82) is 0 Å². The van der Waals surface area contributed by atoms with E-state index in [1.54, 1.807) is 0 Å². The van der Waals surface area contributed by atoms with E-state index in [9.17, 15) is 5.11 Å². The van der Waals surface area contributed by atoms with Crippen LogP contribution < -0.4 is 10.6 Å². The zero-order valence-corrected chi connectivity index (χ0v) is 13.7. The lowest BCUT2D eigenvalue weighted by molar-refractivity contribution is 0.120.